The van der Waals surface area contributed by atoms with Gasteiger partial charge in [0.05, 0.1) is 36.3 Å². The topological polar surface area (TPSA) is 77.4 Å². The van der Waals surface area contributed by atoms with Crippen LogP contribution in [0.2, 0.25) is 0 Å². The Morgan fingerprint density at radius 2 is 1.59 bits per heavy atom. The van der Waals surface area contributed by atoms with E-state index in [0.29, 0.717) is 28.6 Å². The molecule has 2 N–H and O–H groups in total. The highest BCUT2D eigenvalue weighted by atomic mass is 32.1. The highest BCUT2D eigenvalue weighted by Crippen LogP contribution is 2.31. The third-order valence-corrected chi connectivity index (χ3v) is 7.72. The van der Waals surface area contributed by atoms with Gasteiger partial charge in [0.15, 0.2) is 5.11 Å². The van der Waals surface area contributed by atoms with Gasteiger partial charge in [0.2, 0.25) is 0 Å². The van der Waals surface area contributed by atoms with Crippen molar-refractivity contribution in [2.45, 2.75) is 26.8 Å². The molecule has 0 unspecified atom stereocenters. The minimum atomic E-state index is -0.412. The number of aryl methyl sites for hydroxylation is 1. The van der Waals surface area contributed by atoms with E-state index in [0.717, 1.165) is 44.6 Å². The number of ether oxygens (including phenoxy) is 2. The van der Waals surface area contributed by atoms with Crippen LogP contribution in [-0.4, -0.2) is 28.0 Å². The molecule has 0 spiro atoms. The standard InChI is InChI=1S/C32H30N4O3S2/c1-21-29(22(2)36(35-21)20-24-13-10-16-26(17-24)39-25-14-8-5-9-15-25)33-32(40)34-30-28(31(37)38-3)19-27(41-30)18-23-11-6-4-7-12-23/h4-17,19H,18,20H2,1-3H3,(H2,33,34,40). The van der Waals surface area contributed by atoms with Crippen molar-refractivity contribution in [3.8, 4) is 11.5 Å². The van der Waals surface area contributed by atoms with E-state index in [-0.39, 0.29) is 0 Å². The first-order chi connectivity index (χ1) is 19.9. The summed E-state index contributed by atoms with van der Waals surface area (Å²) in [6, 6.07) is 29.7. The molecule has 0 atom stereocenters. The van der Waals surface area contributed by atoms with Crippen molar-refractivity contribution in [3.05, 3.63) is 124 Å². The molecule has 0 saturated carbocycles. The minimum absolute atomic E-state index is 0.368. The summed E-state index contributed by atoms with van der Waals surface area (Å²) in [5.41, 5.74) is 5.24. The van der Waals surface area contributed by atoms with E-state index in [1.54, 1.807) is 0 Å². The summed E-state index contributed by atoms with van der Waals surface area (Å²) in [4.78, 5) is 13.5. The maximum atomic E-state index is 12.5. The highest BCUT2D eigenvalue weighted by molar-refractivity contribution is 7.80. The summed E-state index contributed by atoms with van der Waals surface area (Å²) in [6.07, 6.45) is 0.708. The van der Waals surface area contributed by atoms with Gasteiger partial charge in [0.25, 0.3) is 0 Å². The summed E-state index contributed by atoms with van der Waals surface area (Å²) in [5, 5.41) is 12.2. The molecule has 0 amide bonds. The number of aromatic nitrogens is 2. The number of benzene rings is 3. The molecule has 2 aromatic heterocycles. The molecule has 5 rings (SSSR count). The molecule has 0 saturated heterocycles. The first-order valence-electron chi connectivity index (χ1n) is 13.1. The number of methoxy groups -OCH3 is 1. The van der Waals surface area contributed by atoms with E-state index in [2.05, 4.69) is 22.8 Å². The van der Waals surface area contributed by atoms with Crippen LogP contribution in [-0.2, 0) is 17.7 Å². The van der Waals surface area contributed by atoms with Crippen molar-refractivity contribution in [1.82, 2.24) is 9.78 Å². The first kappa shape index (κ1) is 28.1. The van der Waals surface area contributed by atoms with Crippen LogP contribution in [0.1, 0.15) is 37.7 Å². The molecule has 0 bridgehead atoms. The molecule has 0 radical (unpaired) electrons. The van der Waals surface area contributed by atoms with Gasteiger partial charge < -0.3 is 20.1 Å². The Balaban J connectivity index is 1.29. The molecule has 0 aliphatic heterocycles. The molecule has 208 valence electrons. The molecular formula is C32H30N4O3S2. The van der Waals surface area contributed by atoms with E-state index < -0.39 is 5.97 Å². The van der Waals surface area contributed by atoms with Gasteiger partial charge in [-0.25, -0.2) is 4.79 Å². The lowest BCUT2D eigenvalue weighted by Gasteiger charge is -2.12. The van der Waals surface area contributed by atoms with Crippen LogP contribution in [0.15, 0.2) is 91.0 Å². The Morgan fingerprint density at radius 1 is 0.902 bits per heavy atom. The number of esters is 1. The third-order valence-electron chi connectivity index (χ3n) is 6.47. The summed E-state index contributed by atoms with van der Waals surface area (Å²) in [7, 11) is 1.38. The number of hydrogen-bond donors (Lipinski definition) is 2. The van der Waals surface area contributed by atoms with Crippen molar-refractivity contribution in [3.63, 3.8) is 0 Å². The Kier molecular flexibility index (Phi) is 8.76. The van der Waals surface area contributed by atoms with E-state index in [4.69, 9.17) is 26.8 Å². The second-order valence-corrected chi connectivity index (χ2v) is 11.0. The number of nitrogens with one attached hydrogen (secondary N) is 2. The average molecular weight is 583 g/mol. The van der Waals surface area contributed by atoms with Crippen molar-refractivity contribution in [2.75, 3.05) is 17.7 Å². The smallest absolute Gasteiger partial charge is 0.340 e. The van der Waals surface area contributed by atoms with Crippen LogP contribution < -0.4 is 15.4 Å². The van der Waals surface area contributed by atoms with Crippen LogP contribution in [0.3, 0.4) is 0 Å². The van der Waals surface area contributed by atoms with Crippen LogP contribution in [0.25, 0.3) is 0 Å². The molecule has 3 aromatic carbocycles. The van der Waals surface area contributed by atoms with E-state index in [1.165, 1.54) is 18.4 Å². The second-order valence-electron chi connectivity index (χ2n) is 9.45. The minimum Gasteiger partial charge on any atom is -0.465 e. The summed E-state index contributed by atoms with van der Waals surface area (Å²) in [5.74, 6) is 1.14. The largest absolute Gasteiger partial charge is 0.465 e. The Labute approximate surface area is 248 Å². The van der Waals surface area contributed by atoms with Gasteiger partial charge in [0.1, 0.15) is 16.5 Å². The number of carbonyl (C=O) groups excluding carboxylic acids is 1. The fourth-order valence-corrected chi connectivity index (χ4v) is 5.82. The lowest BCUT2D eigenvalue weighted by molar-refractivity contribution is 0.0602. The summed E-state index contributed by atoms with van der Waals surface area (Å²) >= 11 is 7.14. The van der Waals surface area contributed by atoms with Crippen LogP contribution >= 0.6 is 23.6 Å². The maximum Gasteiger partial charge on any atom is 0.340 e. The van der Waals surface area contributed by atoms with E-state index in [9.17, 15) is 4.79 Å². The zero-order valence-electron chi connectivity index (χ0n) is 23.0. The fourth-order valence-electron chi connectivity index (χ4n) is 4.47. The number of rotatable bonds is 9. The van der Waals surface area contributed by atoms with Gasteiger partial charge >= 0.3 is 5.97 Å². The average Bonchev–Trinajstić information content (AvgIpc) is 3.48. The van der Waals surface area contributed by atoms with Gasteiger partial charge in [-0.2, -0.15) is 5.10 Å². The Hall–Kier alpha value is -4.47. The molecule has 0 aliphatic rings. The normalized spacial score (nSPS) is 10.7. The van der Waals surface area contributed by atoms with Crippen molar-refractivity contribution >= 4 is 45.3 Å². The van der Waals surface area contributed by atoms with Crippen molar-refractivity contribution in [1.29, 1.82) is 0 Å². The number of anilines is 2. The van der Waals surface area contributed by atoms with Gasteiger partial charge in [0, 0.05) is 11.3 Å². The molecule has 0 aliphatic carbocycles. The second kappa shape index (κ2) is 12.8. The lowest BCUT2D eigenvalue weighted by Crippen LogP contribution is -2.20. The van der Waals surface area contributed by atoms with Gasteiger partial charge in [-0.3, -0.25) is 4.68 Å². The number of thiocarbonyl (C=S) groups is 1. The van der Waals surface area contributed by atoms with Gasteiger partial charge in [-0.15, -0.1) is 11.3 Å². The Morgan fingerprint density at radius 3 is 2.32 bits per heavy atom. The summed E-state index contributed by atoms with van der Waals surface area (Å²) < 4.78 is 13.0. The van der Waals surface area contributed by atoms with Crippen LogP contribution in [0.4, 0.5) is 10.7 Å². The number of nitrogens with zero attached hydrogens (tertiary/aromatic N) is 2. The molecule has 7 nitrogen and oxygen atoms in total. The summed E-state index contributed by atoms with van der Waals surface area (Å²) in [6.45, 7) is 4.51. The zero-order chi connectivity index (χ0) is 28.8. The zero-order valence-corrected chi connectivity index (χ0v) is 24.6. The van der Waals surface area contributed by atoms with E-state index >= 15 is 0 Å². The molecule has 2 heterocycles. The van der Waals surface area contributed by atoms with Crippen LogP contribution in [0.5, 0.6) is 11.5 Å². The highest BCUT2D eigenvalue weighted by Gasteiger charge is 2.19. The number of carbonyl (C=O) groups is 1. The monoisotopic (exact) mass is 582 g/mol. The molecule has 41 heavy (non-hydrogen) atoms. The van der Waals surface area contributed by atoms with Crippen molar-refractivity contribution in [2.24, 2.45) is 0 Å². The first-order valence-corrected chi connectivity index (χ1v) is 14.3. The molecular weight excluding hydrogens is 553 g/mol. The molecule has 0 fully saturated rings. The maximum absolute atomic E-state index is 12.5. The van der Waals surface area contributed by atoms with Crippen molar-refractivity contribution < 1.29 is 14.3 Å². The third kappa shape index (κ3) is 7.00. The number of hydrogen-bond acceptors (Lipinski definition) is 6. The Bertz CT molecular complexity index is 1660. The lowest BCUT2D eigenvalue weighted by atomic mass is 10.1. The number of thiophene rings is 1. The van der Waals surface area contributed by atoms with E-state index in [1.807, 2.05) is 97.4 Å². The predicted molar refractivity (Wildman–Crippen MR) is 169 cm³/mol. The van der Waals surface area contributed by atoms with Gasteiger partial charge in [-0.05, 0) is 67.5 Å². The SMILES string of the molecule is COC(=O)c1cc(Cc2ccccc2)sc1NC(=S)Nc1c(C)nn(Cc2cccc(Oc3ccccc3)c2)c1C. The molecule has 5 aromatic rings. The number of para-hydroxylation sites is 1. The van der Waals surface area contributed by atoms with Crippen LogP contribution in [0, 0.1) is 13.8 Å². The fraction of sp³-hybridized carbons (Fsp3) is 0.156. The predicted octanol–water partition coefficient (Wildman–Crippen LogP) is 7.59. The molecule has 9 heteroatoms. The quantitative estimate of drug-likeness (QED) is 0.137. The van der Waals surface area contributed by atoms with Gasteiger partial charge in [-0.1, -0.05) is 60.7 Å².